The van der Waals surface area contributed by atoms with Gasteiger partial charge in [-0.3, -0.25) is 0 Å². The molecule has 2 atom stereocenters. The van der Waals surface area contributed by atoms with Crippen LogP contribution in [-0.2, 0) is 0 Å². The molecule has 1 aliphatic carbocycles. The Morgan fingerprint density at radius 1 is 0.875 bits per heavy atom. The Bertz CT molecular complexity index is 156. The van der Waals surface area contributed by atoms with Gasteiger partial charge >= 0.3 is 0 Å². The molecule has 0 aromatic rings. The van der Waals surface area contributed by atoms with Gasteiger partial charge in [0, 0.05) is 0 Å². The van der Waals surface area contributed by atoms with Crippen LogP contribution in [0.5, 0.6) is 0 Å². The van der Waals surface area contributed by atoms with E-state index < -0.39 is 0 Å². The van der Waals surface area contributed by atoms with E-state index in [0.717, 1.165) is 18.4 Å². The smallest absolute Gasteiger partial charge is 0.00773 e. The van der Waals surface area contributed by atoms with E-state index >= 15 is 0 Å². The minimum atomic E-state index is 0.876. The molecule has 0 bridgehead atoms. The number of rotatable bonds is 9. The Kier molecular flexibility index (Phi) is 7.92. The lowest BCUT2D eigenvalue weighted by molar-refractivity contribution is 0.425. The van der Waals surface area contributed by atoms with Gasteiger partial charge < -0.3 is 5.73 Å². The highest BCUT2D eigenvalue weighted by Gasteiger charge is 2.23. The first-order valence-corrected chi connectivity index (χ1v) is 7.56. The lowest BCUT2D eigenvalue weighted by Gasteiger charge is -2.10. The summed E-state index contributed by atoms with van der Waals surface area (Å²) in [6, 6.07) is 0. The van der Waals surface area contributed by atoms with Crippen LogP contribution >= 0.6 is 0 Å². The highest BCUT2D eigenvalue weighted by Crippen LogP contribution is 2.36. The Morgan fingerprint density at radius 2 is 1.50 bits per heavy atom. The fraction of sp³-hybridized carbons (Fsp3) is 1.00. The second kappa shape index (κ2) is 9.04. The second-order valence-electron chi connectivity index (χ2n) is 5.68. The molecule has 0 saturated heterocycles. The molecule has 0 spiro atoms. The summed E-state index contributed by atoms with van der Waals surface area (Å²) >= 11 is 0. The minimum Gasteiger partial charge on any atom is -0.330 e. The first-order chi connectivity index (χ1) is 7.86. The first kappa shape index (κ1) is 14.0. The predicted octanol–water partition coefficient (Wildman–Crippen LogP) is 4.50. The molecule has 0 aromatic heterocycles. The maximum atomic E-state index is 5.49. The van der Waals surface area contributed by atoms with Crippen molar-refractivity contribution in [1.29, 1.82) is 0 Å². The molecule has 2 N–H and O–H groups in total. The maximum absolute atomic E-state index is 5.49. The normalized spacial score (nSPS) is 25.1. The third kappa shape index (κ3) is 5.89. The van der Waals surface area contributed by atoms with Crippen molar-refractivity contribution in [3.63, 3.8) is 0 Å². The molecule has 2 unspecified atom stereocenters. The maximum Gasteiger partial charge on any atom is -0.00773 e. The summed E-state index contributed by atoms with van der Waals surface area (Å²) < 4.78 is 0. The van der Waals surface area contributed by atoms with Crippen LogP contribution in [0.1, 0.15) is 77.6 Å². The largest absolute Gasteiger partial charge is 0.330 e. The molecule has 0 aromatic carbocycles. The third-order valence-electron chi connectivity index (χ3n) is 4.16. The zero-order chi connectivity index (χ0) is 11.6. The van der Waals surface area contributed by atoms with Gasteiger partial charge in [-0.1, -0.05) is 64.7 Å². The van der Waals surface area contributed by atoms with Crippen LogP contribution in [0.3, 0.4) is 0 Å². The highest BCUT2D eigenvalue weighted by atomic mass is 14.5. The molecular weight excluding hydrogens is 194 g/mol. The highest BCUT2D eigenvalue weighted by molar-refractivity contribution is 4.75. The van der Waals surface area contributed by atoms with Gasteiger partial charge in [-0.25, -0.2) is 0 Å². The van der Waals surface area contributed by atoms with Crippen molar-refractivity contribution < 1.29 is 0 Å². The van der Waals surface area contributed by atoms with E-state index in [1.807, 2.05) is 0 Å². The van der Waals surface area contributed by atoms with Gasteiger partial charge in [0.1, 0.15) is 0 Å². The molecule has 16 heavy (non-hydrogen) atoms. The molecule has 1 rings (SSSR count). The summed E-state index contributed by atoms with van der Waals surface area (Å²) in [4.78, 5) is 0. The van der Waals surface area contributed by atoms with Gasteiger partial charge in [-0.2, -0.15) is 0 Å². The van der Waals surface area contributed by atoms with Crippen molar-refractivity contribution in [2.45, 2.75) is 77.6 Å². The fourth-order valence-corrected chi connectivity index (χ4v) is 3.22. The van der Waals surface area contributed by atoms with Gasteiger partial charge in [0.15, 0.2) is 0 Å². The molecule has 0 amide bonds. The molecule has 96 valence electrons. The van der Waals surface area contributed by atoms with Gasteiger partial charge in [0.2, 0.25) is 0 Å². The van der Waals surface area contributed by atoms with Crippen LogP contribution < -0.4 is 5.73 Å². The average molecular weight is 225 g/mol. The van der Waals surface area contributed by atoms with E-state index in [1.165, 1.54) is 70.6 Å². The summed E-state index contributed by atoms with van der Waals surface area (Å²) in [5, 5.41) is 0. The molecule has 1 saturated carbocycles. The van der Waals surface area contributed by atoms with E-state index in [9.17, 15) is 0 Å². The summed E-state index contributed by atoms with van der Waals surface area (Å²) in [5.74, 6) is 2.15. The van der Waals surface area contributed by atoms with Crippen LogP contribution in [-0.4, -0.2) is 6.54 Å². The summed E-state index contributed by atoms with van der Waals surface area (Å²) in [6.07, 6.45) is 15.8. The molecule has 1 heteroatoms. The quantitative estimate of drug-likeness (QED) is 0.574. The van der Waals surface area contributed by atoms with Crippen LogP contribution in [0.4, 0.5) is 0 Å². The van der Waals surface area contributed by atoms with E-state index in [-0.39, 0.29) is 0 Å². The Morgan fingerprint density at radius 3 is 2.19 bits per heavy atom. The standard InChI is InChI=1S/C15H31N/c1-2-8-14-10-11-15(13-14)9-6-4-3-5-7-12-16/h14-15H,2-13,16H2,1H3. The minimum absolute atomic E-state index is 0.876. The first-order valence-electron chi connectivity index (χ1n) is 7.56. The van der Waals surface area contributed by atoms with Crippen molar-refractivity contribution in [2.75, 3.05) is 6.54 Å². The Hall–Kier alpha value is -0.0400. The molecule has 0 radical (unpaired) electrons. The number of hydrogen-bond donors (Lipinski definition) is 1. The van der Waals surface area contributed by atoms with E-state index in [2.05, 4.69) is 6.92 Å². The van der Waals surface area contributed by atoms with Crippen molar-refractivity contribution >= 4 is 0 Å². The van der Waals surface area contributed by atoms with E-state index in [1.54, 1.807) is 0 Å². The van der Waals surface area contributed by atoms with Gasteiger partial charge in [-0.05, 0) is 31.2 Å². The average Bonchev–Trinajstić information content (AvgIpc) is 2.72. The van der Waals surface area contributed by atoms with Gasteiger partial charge in [-0.15, -0.1) is 0 Å². The molecule has 0 heterocycles. The van der Waals surface area contributed by atoms with Crippen LogP contribution in [0.2, 0.25) is 0 Å². The third-order valence-corrected chi connectivity index (χ3v) is 4.16. The van der Waals surface area contributed by atoms with Gasteiger partial charge in [0.25, 0.3) is 0 Å². The lowest BCUT2D eigenvalue weighted by atomic mass is 9.96. The zero-order valence-corrected chi connectivity index (χ0v) is 11.2. The van der Waals surface area contributed by atoms with Crippen molar-refractivity contribution in [3.05, 3.63) is 0 Å². The second-order valence-corrected chi connectivity index (χ2v) is 5.68. The molecule has 1 nitrogen and oxygen atoms in total. The van der Waals surface area contributed by atoms with Crippen molar-refractivity contribution in [2.24, 2.45) is 17.6 Å². The van der Waals surface area contributed by atoms with Crippen LogP contribution in [0.25, 0.3) is 0 Å². The summed E-state index contributed by atoms with van der Waals surface area (Å²) in [5.41, 5.74) is 5.49. The molecule has 1 aliphatic rings. The lowest BCUT2D eigenvalue weighted by Crippen LogP contribution is -1.98. The SMILES string of the molecule is CCCC1CCC(CCCCCCCN)C1. The Labute approximate surface area is 102 Å². The molecule has 1 fully saturated rings. The number of nitrogens with two attached hydrogens (primary N) is 1. The van der Waals surface area contributed by atoms with Crippen LogP contribution in [0.15, 0.2) is 0 Å². The number of hydrogen-bond acceptors (Lipinski definition) is 1. The number of unbranched alkanes of at least 4 members (excludes halogenated alkanes) is 4. The predicted molar refractivity (Wildman–Crippen MR) is 72.5 cm³/mol. The molecular formula is C15H31N. The van der Waals surface area contributed by atoms with E-state index in [4.69, 9.17) is 5.73 Å². The zero-order valence-electron chi connectivity index (χ0n) is 11.2. The van der Waals surface area contributed by atoms with E-state index in [0.29, 0.717) is 0 Å². The van der Waals surface area contributed by atoms with Crippen molar-refractivity contribution in [3.8, 4) is 0 Å². The van der Waals surface area contributed by atoms with Crippen molar-refractivity contribution in [1.82, 2.24) is 0 Å². The topological polar surface area (TPSA) is 26.0 Å². The fourth-order valence-electron chi connectivity index (χ4n) is 3.22. The summed E-state index contributed by atoms with van der Waals surface area (Å²) in [7, 11) is 0. The molecule has 0 aliphatic heterocycles. The van der Waals surface area contributed by atoms with Crippen LogP contribution in [0, 0.1) is 11.8 Å². The monoisotopic (exact) mass is 225 g/mol. The Balaban J connectivity index is 1.90. The van der Waals surface area contributed by atoms with Gasteiger partial charge in [0.05, 0.1) is 0 Å². The summed E-state index contributed by atoms with van der Waals surface area (Å²) in [6.45, 7) is 3.20.